The van der Waals surface area contributed by atoms with Crippen molar-refractivity contribution in [3.63, 3.8) is 0 Å². The van der Waals surface area contributed by atoms with Gasteiger partial charge in [0.1, 0.15) is 5.39 Å². The number of aromatic amines is 1. The molecule has 0 aliphatic carbocycles. The van der Waals surface area contributed by atoms with Crippen molar-refractivity contribution in [2.24, 2.45) is 0 Å². The SMILES string of the molecule is Nc1nc2ccc(N(Cc3ccc(C(=O)O)cc3)C(=O)C(F)(F)F)c(F)c2c(=O)[nH]1. The van der Waals surface area contributed by atoms with Gasteiger partial charge in [0.05, 0.1) is 23.3 Å². The number of nitrogens with two attached hydrogens (primary N) is 1. The van der Waals surface area contributed by atoms with Crippen LogP contribution in [0.2, 0.25) is 0 Å². The highest BCUT2D eigenvalue weighted by molar-refractivity contribution is 5.99. The Balaban J connectivity index is 2.13. The molecular formula is C18H12F4N4O4. The van der Waals surface area contributed by atoms with Crippen LogP contribution in [-0.4, -0.2) is 33.1 Å². The molecule has 0 saturated carbocycles. The van der Waals surface area contributed by atoms with Gasteiger partial charge in [-0.15, -0.1) is 0 Å². The van der Waals surface area contributed by atoms with Crippen LogP contribution in [0.15, 0.2) is 41.2 Å². The molecule has 2 aromatic carbocycles. The van der Waals surface area contributed by atoms with Crippen molar-refractivity contribution in [3.05, 3.63) is 63.7 Å². The lowest BCUT2D eigenvalue weighted by Crippen LogP contribution is -2.41. The largest absolute Gasteiger partial charge is 0.478 e. The Hall–Kier alpha value is -3.96. The van der Waals surface area contributed by atoms with E-state index in [0.717, 1.165) is 24.3 Å². The molecule has 0 aliphatic heterocycles. The van der Waals surface area contributed by atoms with Crippen LogP contribution in [-0.2, 0) is 11.3 Å². The topological polar surface area (TPSA) is 129 Å². The first-order valence-corrected chi connectivity index (χ1v) is 8.18. The summed E-state index contributed by atoms with van der Waals surface area (Å²) in [6, 6.07) is 6.56. The third-order valence-corrected chi connectivity index (χ3v) is 4.13. The first-order chi connectivity index (χ1) is 14.0. The van der Waals surface area contributed by atoms with E-state index in [-0.39, 0.29) is 27.5 Å². The van der Waals surface area contributed by atoms with E-state index in [1.165, 1.54) is 12.1 Å². The van der Waals surface area contributed by atoms with E-state index >= 15 is 0 Å². The van der Waals surface area contributed by atoms with Crippen LogP contribution in [0.1, 0.15) is 15.9 Å². The summed E-state index contributed by atoms with van der Waals surface area (Å²) in [7, 11) is 0. The highest BCUT2D eigenvalue weighted by atomic mass is 19.4. The summed E-state index contributed by atoms with van der Waals surface area (Å²) in [5.41, 5.74) is 3.31. The summed E-state index contributed by atoms with van der Waals surface area (Å²) >= 11 is 0. The summed E-state index contributed by atoms with van der Waals surface area (Å²) in [4.78, 5) is 40.8. The number of carbonyl (C=O) groups excluding carboxylic acids is 1. The number of fused-ring (bicyclic) bond motifs is 1. The Kier molecular flexibility index (Phi) is 5.16. The van der Waals surface area contributed by atoms with Crippen molar-refractivity contribution in [1.82, 2.24) is 9.97 Å². The van der Waals surface area contributed by atoms with Gasteiger partial charge < -0.3 is 10.8 Å². The normalized spacial score (nSPS) is 11.5. The number of anilines is 2. The third kappa shape index (κ3) is 3.92. The number of hydrogen-bond donors (Lipinski definition) is 3. The van der Waals surface area contributed by atoms with Gasteiger partial charge in [-0.05, 0) is 29.8 Å². The number of carbonyl (C=O) groups is 2. The Morgan fingerprint density at radius 2 is 1.77 bits per heavy atom. The fraction of sp³-hybridized carbons (Fsp3) is 0.111. The molecular weight excluding hydrogens is 412 g/mol. The Morgan fingerprint density at radius 1 is 1.13 bits per heavy atom. The molecule has 30 heavy (non-hydrogen) atoms. The van der Waals surface area contributed by atoms with E-state index in [2.05, 4.69) is 4.98 Å². The molecule has 0 aliphatic rings. The van der Waals surface area contributed by atoms with Crippen LogP contribution >= 0.6 is 0 Å². The number of aromatic nitrogens is 2. The zero-order valence-corrected chi connectivity index (χ0v) is 14.8. The van der Waals surface area contributed by atoms with Gasteiger partial charge in [-0.1, -0.05) is 12.1 Å². The number of rotatable bonds is 4. The molecule has 3 aromatic rings. The Bertz CT molecular complexity index is 1210. The molecule has 0 saturated heterocycles. The minimum Gasteiger partial charge on any atom is -0.478 e. The van der Waals surface area contributed by atoms with Crippen molar-refractivity contribution in [2.75, 3.05) is 10.6 Å². The highest BCUT2D eigenvalue weighted by Gasteiger charge is 2.44. The first kappa shape index (κ1) is 20.8. The van der Waals surface area contributed by atoms with Crippen LogP contribution in [0.3, 0.4) is 0 Å². The van der Waals surface area contributed by atoms with Gasteiger partial charge in [-0.3, -0.25) is 19.5 Å². The lowest BCUT2D eigenvalue weighted by Gasteiger charge is -2.25. The molecule has 0 unspecified atom stereocenters. The monoisotopic (exact) mass is 424 g/mol. The standard InChI is InChI=1S/C18H12F4N4O4/c19-13-11(6-5-10-12(13)14(27)25-17(23)24-10)26(16(30)18(20,21)22)7-8-1-3-9(4-2-8)15(28)29/h1-6H,7H2,(H,28,29)(H3,23,24,25,27). The molecule has 0 spiro atoms. The van der Waals surface area contributed by atoms with Gasteiger partial charge in [0.25, 0.3) is 5.56 Å². The van der Waals surface area contributed by atoms with Gasteiger partial charge in [-0.2, -0.15) is 13.2 Å². The maximum atomic E-state index is 15.0. The van der Waals surface area contributed by atoms with E-state index in [4.69, 9.17) is 10.8 Å². The van der Waals surface area contributed by atoms with Crippen LogP contribution < -0.4 is 16.2 Å². The predicted molar refractivity (Wildman–Crippen MR) is 97.4 cm³/mol. The minimum absolute atomic E-state index is 0.0986. The van der Waals surface area contributed by atoms with Crippen LogP contribution in [0, 0.1) is 5.82 Å². The summed E-state index contributed by atoms with van der Waals surface area (Å²) in [6.07, 6.45) is -5.34. The number of nitrogens with zero attached hydrogens (tertiary/aromatic N) is 2. The highest BCUT2D eigenvalue weighted by Crippen LogP contribution is 2.30. The zero-order chi connectivity index (χ0) is 22.2. The number of nitrogen functional groups attached to an aromatic ring is 1. The van der Waals surface area contributed by atoms with E-state index in [0.29, 0.717) is 0 Å². The molecule has 0 fully saturated rings. The van der Waals surface area contributed by atoms with Crippen LogP contribution in [0.4, 0.5) is 29.2 Å². The van der Waals surface area contributed by atoms with Crippen molar-refractivity contribution in [1.29, 1.82) is 0 Å². The van der Waals surface area contributed by atoms with Crippen LogP contribution in [0.25, 0.3) is 10.9 Å². The van der Waals surface area contributed by atoms with Crippen molar-refractivity contribution in [3.8, 4) is 0 Å². The number of halogens is 4. The van der Waals surface area contributed by atoms with Gasteiger partial charge in [-0.25, -0.2) is 14.2 Å². The molecule has 3 rings (SSSR count). The second-order valence-corrected chi connectivity index (χ2v) is 6.14. The molecule has 1 heterocycles. The fourth-order valence-electron chi connectivity index (χ4n) is 2.76. The average molecular weight is 424 g/mol. The minimum atomic E-state index is -5.34. The molecule has 8 nitrogen and oxygen atoms in total. The number of H-pyrrole nitrogens is 1. The molecule has 1 amide bonds. The zero-order valence-electron chi connectivity index (χ0n) is 14.8. The molecule has 0 radical (unpaired) electrons. The Labute approximate surface area is 164 Å². The number of nitrogens with one attached hydrogen (secondary N) is 1. The molecule has 156 valence electrons. The van der Waals surface area contributed by atoms with E-state index in [1.807, 2.05) is 4.98 Å². The van der Waals surface area contributed by atoms with Crippen molar-refractivity contribution in [2.45, 2.75) is 12.7 Å². The summed E-state index contributed by atoms with van der Waals surface area (Å²) < 4.78 is 54.4. The summed E-state index contributed by atoms with van der Waals surface area (Å²) in [5, 5.41) is 8.24. The number of alkyl halides is 3. The maximum Gasteiger partial charge on any atom is 0.471 e. The second kappa shape index (κ2) is 7.46. The average Bonchev–Trinajstić information content (AvgIpc) is 2.65. The predicted octanol–water partition coefficient (Wildman–Crippen LogP) is 2.44. The van der Waals surface area contributed by atoms with Crippen LogP contribution in [0.5, 0.6) is 0 Å². The van der Waals surface area contributed by atoms with E-state index < -0.39 is 47.0 Å². The van der Waals surface area contributed by atoms with Gasteiger partial charge in [0.15, 0.2) is 5.82 Å². The molecule has 0 bridgehead atoms. The number of amides is 1. The Morgan fingerprint density at radius 3 is 2.33 bits per heavy atom. The molecule has 4 N–H and O–H groups in total. The van der Waals surface area contributed by atoms with Gasteiger partial charge >= 0.3 is 18.1 Å². The quantitative estimate of drug-likeness (QED) is 0.552. The van der Waals surface area contributed by atoms with Gasteiger partial charge in [0, 0.05) is 0 Å². The lowest BCUT2D eigenvalue weighted by molar-refractivity contribution is -0.170. The van der Waals surface area contributed by atoms with E-state index in [9.17, 15) is 31.9 Å². The number of carboxylic acid groups (broad SMARTS) is 1. The fourth-order valence-corrected chi connectivity index (χ4v) is 2.76. The summed E-state index contributed by atoms with van der Waals surface area (Å²) in [5.74, 6) is -5.33. The second-order valence-electron chi connectivity index (χ2n) is 6.14. The molecule has 12 heteroatoms. The number of benzene rings is 2. The maximum absolute atomic E-state index is 15.0. The third-order valence-electron chi connectivity index (χ3n) is 4.13. The van der Waals surface area contributed by atoms with Gasteiger partial charge in [0.2, 0.25) is 5.95 Å². The van der Waals surface area contributed by atoms with E-state index in [1.54, 1.807) is 0 Å². The summed E-state index contributed by atoms with van der Waals surface area (Å²) in [6.45, 7) is -0.735. The lowest BCUT2D eigenvalue weighted by atomic mass is 10.1. The molecule has 1 aromatic heterocycles. The molecule has 0 atom stereocenters. The first-order valence-electron chi connectivity index (χ1n) is 8.18. The number of aromatic carboxylic acids is 1. The van der Waals surface area contributed by atoms with Crippen molar-refractivity contribution >= 4 is 34.4 Å². The smallest absolute Gasteiger partial charge is 0.471 e. The number of hydrogen-bond acceptors (Lipinski definition) is 5. The van der Waals surface area contributed by atoms with Crippen molar-refractivity contribution < 1.29 is 32.3 Å². The number of carboxylic acids is 1.